The van der Waals surface area contributed by atoms with E-state index in [2.05, 4.69) is 4.74 Å². The van der Waals surface area contributed by atoms with Crippen molar-refractivity contribution in [2.45, 2.75) is 6.61 Å². The zero-order valence-corrected chi connectivity index (χ0v) is 18.8. The van der Waals surface area contributed by atoms with Gasteiger partial charge in [-0.2, -0.15) is 0 Å². The Bertz CT molecular complexity index is 1070. The quantitative estimate of drug-likeness (QED) is 0.415. The molecule has 0 saturated carbocycles. The van der Waals surface area contributed by atoms with Gasteiger partial charge in [0.05, 0.1) is 19.1 Å². The van der Waals surface area contributed by atoms with Crippen LogP contribution in [0.5, 0.6) is 11.5 Å². The van der Waals surface area contributed by atoms with Gasteiger partial charge in [0.15, 0.2) is 11.5 Å². The minimum absolute atomic E-state index is 0.172. The van der Waals surface area contributed by atoms with Gasteiger partial charge < -0.3 is 14.2 Å². The number of carbonyl (C=O) groups is 3. The number of hydrogen-bond donors (Lipinski definition) is 0. The third kappa shape index (κ3) is 5.52. The van der Waals surface area contributed by atoms with Gasteiger partial charge >= 0.3 is 5.97 Å². The first-order valence-corrected chi connectivity index (χ1v) is 10.5. The van der Waals surface area contributed by atoms with Gasteiger partial charge in [0.2, 0.25) is 0 Å². The van der Waals surface area contributed by atoms with Gasteiger partial charge in [-0.3, -0.25) is 19.3 Å². The molecule has 3 rings (SSSR count). The predicted molar refractivity (Wildman–Crippen MR) is 118 cm³/mol. The summed E-state index contributed by atoms with van der Waals surface area (Å²) in [6.45, 7) is -0.261. The summed E-state index contributed by atoms with van der Waals surface area (Å²) in [7, 11) is 2.70. The minimum Gasteiger partial charge on any atom is -0.493 e. The lowest BCUT2D eigenvalue weighted by Gasteiger charge is -2.13. The number of imide groups is 1. The number of nitrogens with zero attached hydrogens (tertiary/aromatic N) is 1. The fourth-order valence-corrected chi connectivity index (χ4v) is 3.97. The summed E-state index contributed by atoms with van der Waals surface area (Å²) in [6, 6.07) is 10.2. The lowest BCUT2D eigenvalue weighted by Crippen LogP contribution is -2.34. The second-order valence-electron chi connectivity index (χ2n) is 6.28. The van der Waals surface area contributed by atoms with Crippen molar-refractivity contribution in [2.75, 3.05) is 20.8 Å². The normalized spacial score (nSPS) is 14.8. The molecule has 0 unspecified atom stereocenters. The molecule has 0 aliphatic carbocycles. The largest absolute Gasteiger partial charge is 0.493 e. The van der Waals surface area contributed by atoms with E-state index in [1.54, 1.807) is 42.5 Å². The maximum absolute atomic E-state index is 12.5. The zero-order valence-electron chi connectivity index (χ0n) is 16.5. The van der Waals surface area contributed by atoms with Crippen molar-refractivity contribution in [3.63, 3.8) is 0 Å². The van der Waals surface area contributed by atoms with Crippen molar-refractivity contribution in [1.29, 1.82) is 0 Å². The van der Waals surface area contributed by atoms with Crippen molar-refractivity contribution in [3.8, 4) is 11.5 Å². The molecule has 0 N–H and O–H groups in total. The second kappa shape index (κ2) is 10.1. The predicted octanol–water partition coefficient (Wildman–Crippen LogP) is 4.79. The molecule has 1 aliphatic heterocycles. The van der Waals surface area contributed by atoms with Crippen molar-refractivity contribution in [3.05, 3.63) is 62.5 Å². The number of esters is 1. The first-order valence-electron chi connectivity index (χ1n) is 8.89. The van der Waals surface area contributed by atoms with Gasteiger partial charge in [0.25, 0.3) is 11.1 Å². The SMILES string of the molecule is COC(=O)CN1C(=O)S/C(=C\c2ccc(OC)c(OCc3ccc(Cl)cc3Cl)c2)C1=O. The van der Waals surface area contributed by atoms with Crippen LogP contribution in [0.15, 0.2) is 41.3 Å². The number of thioether (sulfide) groups is 1. The average molecular weight is 482 g/mol. The molecule has 7 nitrogen and oxygen atoms in total. The van der Waals surface area contributed by atoms with E-state index in [9.17, 15) is 14.4 Å². The van der Waals surface area contributed by atoms with Crippen molar-refractivity contribution >= 4 is 58.2 Å². The van der Waals surface area contributed by atoms with Crippen LogP contribution in [0.3, 0.4) is 0 Å². The van der Waals surface area contributed by atoms with E-state index in [0.29, 0.717) is 27.1 Å². The molecule has 1 saturated heterocycles. The summed E-state index contributed by atoms with van der Waals surface area (Å²) in [5.74, 6) is -0.326. The number of amides is 2. The van der Waals surface area contributed by atoms with E-state index >= 15 is 0 Å². The van der Waals surface area contributed by atoms with Gasteiger partial charge in [0, 0.05) is 15.6 Å². The van der Waals surface area contributed by atoms with Crippen LogP contribution in [0.25, 0.3) is 6.08 Å². The molecule has 1 fully saturated rings. The Morgan fingerprint density at radius 3 is 2.55 bits per heavy atom. The van der Waals surface area contributed by atoms with Crippen molar-refractivity contribution in [2.24, 2.45) is 0 Å². The van der Waals surface area contributed by atoms with Crippen molar-refractivity contribution < 1.29 is 28.6 Å². The molecule has 2 aromatic rings. The summed E-state index contributed by atoms with van der Waals surface area (Å²) in [4.78, 5) is 37.0. The molecule has 0 bridgehead atoms. The number of ether oxygens (including phenoxy) is 3. The summed E-state index contributed by atoms with van der Waals surface area (Å²) in [6.07, 6.45) is 1.55. The zero-order chi connectivity index (χ0) is 22.5. The van der Waals surface area contributed by atoms with E-state index < -0.39 is 23.7 Å². The highest BCUT2D eigenvalue weighted by molar-refractivity contribution is 8.18. The average Bonchev–Trinajstić information content (AvgIpc) is 3.00. The standard InChI is InChI=1S/C21H17Cl2NO6S/c1-28-16-6-3-12(7-17(16)30-11-13-4-5-14(22)9-15(13)23)8-18-20(26)24(21(27)31-18)10-19(25)29-2/h3-9H,10-11H2,1-2H3/b18-8-. The molecule has 2 amide bonds. The number of halogens is 2. The number of carbonyl (C=O) groups excluding carboxylic acids is 3. The molecule has 0 atom stereocenters. The Balaban J connectivity index is 1.80. The fraction of sp³-hybridized carbons (Fsp3) is 0.190. The molecule has 10 heteroatoms. The molecule has 0 radical (unpaired) electrons. The second-order valence-corrected chi connectivity index (χ2v) is 8.12. The van der Waals surface area contributed by atoms with Crippen molar-refractivity contribution in [1.82, 2.24) is 4.90 Å². The fourth-order valence-electron chi connectivity index (χ4n) is 2.67. The number of hydrogen-bond acceptors (Lipinski definition) is 7. The Hall–Kier alpha value is -2.68. The Morgan fingerprint density at radius 1 is 1.10 bits per heavy atom. The molecular weight excluding hydrogens is 465 g/mol. The summed E-state index contributed by atoms with van der Waals surface area (Å²) in [5.41, 5.74) is 1.35. The highest BCUT2D eigenvalue weighted by atomic mass is 35.5. The van der Waals surface area contributed by atoms with E-state index in [-0.39, 0.29) is 11.5 Å². The smallest absolute Gasteiger partial charge is 0.325 e. The van der Waals surface area contributed by atoms with Crippen LogP contribution in [-0.2, 0) is 20.9 Å². The lowest BCUT2D eigenvalue weighted by atomic mass is 10.1. The van der Waals surface area contributed by atoms with E-state index in [1.807, 2.05) is 0 Å². The lowest BCUT2D eigenvalue weighted by molar-refractivity contribution is -0.143. The van der Waals surface area contributed by atoms with Crippen LogP contribution in [0.4, 0.5) is 4.79 Å². The Kier molecular flexibility index (Phi) is 7.48. The first-order chi connectivity index (χ1) is 14.8. The van der Waals surface area contributed by atoms with Gasteiger partial charge in [-0.05, 0) is 47.7 Å². The van der Waals surface area contributed by atoms with Gasteiger partial charge in [-0.25, -0.2) is 0 Å². The Morgan fingerprint density at radius 2 is 1.87 bits per heavy atom. The number of rotatable bonds is 7. The van der Waals surface area contributed by atoms with Crippen LogP contribution >= 0.6 is 35.0 Å². The summed E-state index contributed by atoms with van der Waals surface area (Å²) < 4.78 is 15.7. The maximum Gasteiger partial charge on any atom is 0.325 e. The molecule has 2 aromatic carbocycles. The molecule has 0 spiro atoms. The highest BCUT2D eigenvalue weighted by Gasteiger charge is 2.36. The molecule has 1 aliphatic rings. The highest BCUT2D eigenvalue weighted by Crippen LogP contribution is 2.35. The third-order valence-corrected chi connectivity index (χ3v) is 5.77. The van der Waals surface area contributed by atoms with Crippen LogP contribution in [0.2, 0.25) is 10.0 Å². The molecular formula is C21H17Cl2NO6S. The van der Waals surface area contributed by atoms with E-state index in [1.165, 1.54) is 14.2 Å². The first kappa shape index (κ1) is 23.0. The van der Waals surface area contributed by atoms with Gasteiger partial charge in [-0.1, -0.05) is 35.3 Å². The van der Waals surface area contributed by atoms with Crippen LogP contribution in [0.1, 0.15) is 11.1 Å². The topological polar surface area (TPSA) is 82.1 Å². The molecule has 1 heterocycles. The van der Waals surface area contributed by atoms with Gasteiger partial charge in [-0.15, -0.1) is 0 Å². The summed E-state index contributed by atoms with van der Waals surface area (Å²) in [5, 5.41) is 0.459. The van der Waals surface area contributed by atoms with Crippen LogP contribution in [0, 0.1) is 0 Å². The van der Waals surface area contributed by atoms with Crippen LogP contribution in [-0.4, -0.2) is 42.8 Å². The van der Waals surface area contributed by atoms with Crippen LogP contribution < -0.4 is 9.47 Å². The molecule has 162 valence electrons. The molecule has 0 aromatic heterocycles. The maximum atomic E-state index is 12.5. The third-order valence-electron chi connectivity index (χ3n) is 4.27. The monoisotopic (exact) mass is 481 g/mol. The van der Waals surface area contributed by atoms with Gasteiger partial charge in [0.1, 0.15) is 13.2 Å². The Labute approximate surface area is 192 Å². The summed E-state index contributed by atoms with van der Waals surface area (Å²) >= 11 is 12.9. The number of methoxy groups -OCH3 is 2. The molecule has 31 heavy (non-hydrogen) atoms. The minimum atomic E-state index is -0.676. The van der Waals surface area contributed by atoms with E-state index in [0.717, 1.165) is 22.2 Å². The number of benzene rings is 2. The van der Waals surface area contributed by atoms with E-state index in [4.69, 9.17) is 32.7 Å².